The van der Waals surface area contributed by atoms with Crippen LogP contribution < -0.4 is 5.32 Å². The van der Waals surface area contributed by atoms with Gasteiger partial charge in [0.15, 0.2) is 0 Å². The van der Waals surface area contributed by atoms with E-state index in [-0.39, 0.29) is 6.04 Å². The molecular formula is C22H44N2O2. The predicted octanol–water partition coefficient (Wildman–Crippen LogP) is 6.39. The van der Waals surface area contributed by atoms with E-state index in [9.17, 15) is 4.91 Å². The zero-order valence-electron chi connectivity index (χ0n) is 17.7. The maximum absolute atomic E-state index is 10.7. The Morgan fingerprint density at radius 3 is 2.04 bits per heavy atom. The molecule has 1 unspecified atom stereocenters. The van der Waals surface area contributed by atoms with Crippen LogP contribution in [0.5, 0.6) is 0 Å². The van der Waals surface area contributed by atoms with Crippen LogP contribution in [0.3, 0.4) is 0 Å². The van der Waals surface area contributed by atoms with Gasteiger partial charge >= 0.3 is 0 Å². The van der Waals surface area contributed by atoms with E-state index in [1.807, 2.05) is 0 Å². The zero-order chi connectivity index (χ0) is 19.3. The van der Waals surface area contributed by atoms with Crippen LogP contribution in [-0.4, -0.2) is 31.8 Å². The van der Waals surface area contributed by atoms with E-state index in [1.165, 1.54) is 70.6 Å². The lowest BCUT2D eigenvalue weighted by Gasteiger charge is -2.13. The van der Waals surface area contributed by atoms with Gasteiger partial charge in [-0.05, 0) is 32.1 Å². The molecule has 0 aromatic rings. The summed E-state index contributed by atoms with van der Waals surface area (Å²) in [4.78, 5) is 10.7. The molecule has 0 aliphatic heterocycles. The Bertz CT molecular complexity index is 319. The molecule has 4 nitrogen and oxygen atoms in total. The number of nitrogens with one attached hydrogen (secondary N) is 1. The molecule has 1 N–H and O–H groups in total. The van der Waals surface area contributed by atoms with E-state index in [2.05, 4.69) is 43.4 Å². The molecule has 0 heterocycles. The quantitative estimate of drug-likeness (QED) is 0.154. The first-order valence-corrected chi connectivity index (χ1v) is 11.0. The molecule has 0 aliphatic carbocycles. The van der Waals surface area contributed by atoms with E-state index in [1.54, 1.807) is 0 Å². The first kappa shape index (κ1) is 25.3. The van der Waals surface area contributed by atoms with E-state index < -0.39 is 0 Å². The topological polar surface area (TPSA) is 50.7 Å². The molecule has 0 spiro atoms. The fraction of sp³-hybridized carbons (Fsp3) is 0.909. The van der Waals surface area contributed by atoms with Crippen LogP contribution in [0.2, 0.25) is 0 Å². The first-order chi connectivity index (χ1) is 12.7. The fourth-order valence-corrected chi connectivity index (χ4v) is 2.82. The summed E-state index contributed by atoms with van der Waals surface area (Å²) in [6.07, 6.45) is 20.2. The van der Waals surface area contributed by atoms with Gasteiger partial charge in [0.25, 0.3) is 0 Å². The monoisotopic (exact) mass is 368 g/mol. The molecule has 0 bridgehead atoms. The van der Waals surface area contributed by atoms with Gasteiger partial charge in [-0.1, -0.05) is 83.0 Å². The molecule has 0 aromatic heterocycles. The maximum Gasteiger partial charge on any atom is 0.128 e. The van der Waals surface area contributed by atoms with Crippen molar-refractivity contribution >= 4 is 0 Å². The number of hydrogen-bond acceptors (Lipinski definition) is 4. The minimum Gasteiger partial charge on any atom is -0.379 e. The van der Waals surface area contributed by atoms with E-state index in [0.717, 1.165) is 13.0 Å². The average molecular weight is 369 g/mol. The van der Waals surface area contributed by atoms with Gasteiger partial charge in [-0.2, -0.15) is 4.91 Å². The molecule has 0 rings (SSSR count). The SMILES string of the molecule is CCCCCCCC/C=C/CCCCCCOCC(CNC(C)C)N=O. The molecule has 0 radical (unpaired) electrons. The first-order valence-electron chi connectivity index (χ1n) is 11.0. The molecule has 0 fully saturated rings. The number of unbranched alkanes of at least 4 members (excludes halogenated alkanes) is 10. The summed E-state index contributed by atoms with van der Waals surface area (Å²) >= 11 is 0. The molecule has 0 saturated carbocycles. The smallest absolute Gasteiger partial charge is 0.128 e. The summed E-state index contributed by atoms with van der Waals surface area (Å²) in [6, 6.07) is 0.105. The Hall–Kier alpha value is -0.740. The van der Waals surface area contributed by atoms with Gasteiger partial charge in [0.1, 0.15) is 6.04 Å². The van der Waals surface area contributed by atoms with Crippen LogP contribution in [0.4, 0.5) is 0 Å². The van der Waals surface area contributed by atoms with Crippen LogP contribution in [-0.2, 0) is 4.74 Å². The summed E-state index contributed by atoms with van der Waals surface area (Å²) in [5.74, 6) is 0. The standard InChI is InChI=1S/C22H44N2O2/c1-4-5-6-7-8-9-10-11-12-13-14-15-16-17-18-26-20-22(24-25)19-23-21(2)3/h11-12,21-23H,4-10,13-20H2,1-3H3/b12-11+. The van der Waals surface area contributed by atoms with Crippen molar-refractivity contribution in [3.8, 4) is 0 Å². The minimum absolute atomic E-state index is 0.269. The zero-order valence-corrected chi connectivity index (χ0v) is 17.7. The van der Waals surface area contributed by atoms with Gasteiger partial charge in [0.05, 0.1) is 6.61 Å². The molecule has 1 atom stereocenters. The number of hydrogen-bond donors (Lipinski definition) is 1. The lowest BCUT2D eigenvalue weighted by Crippen LogP contribution is -2.33. The Labute approximate surface area is 162 Å². The Morgan fingerprint density at radius 2 is 1.46 bits per heavy atom. The van der Waals surface area contributed by atoms with Crippen LogP contribution in [0.25, 0.3) is 0 Å². The second-order valence-electron chi connectivity index (χ2n) is 7.63. The van der Waals surface area contributed by atoms with Gasteiger partial charge < -0.3 is 10.1 Å². The summed E-state index contributed by atoms with van der Waals surface area (Å²) in [5, 5.41) is 6.34. The Kier molecular flexibility index (Phi) is 20.0. The number of nitroso groups, excluding NO2 is 1. The summed E-state index contributed by atoms with van der Waals surface area (Å²) < 4.78 is 5.58. The van der Waals surface area contributed by atoms with Crippen molar-refractivity contribution in [3.05, 3.63) is 17.1 Å². The second kappa shape index (κ2) is 20.6. The molecule has 26 heavy (non-hydrogen) atoms. The van der Waals surface area contributed by atoms with E-state index >= 15 is 0 Å². The minimum atomic E-state index is -0.269. The van der Waals surface area contributed by atoms with Crippen molar-refractivity contribution in [2.75, 3.05) is 19.8 Å². The van der Waals surface area contributed by atoms with Crippen molar-refractivity contribution in [2.45, 2.75) is 110 Å². The van der Waals surface area contributed by atoms with Crippen LogP contribution in [0, 0.1) is 4.91 Å². The maximum atomic E-state index is 10.7. The van der Waals surface area contributed by atoms with Crippen LogP contribution in [0.1, 0.15) is 97.8 Å². The molecule has 0 aromatic carbocycles. The molecule has 4 heteroatoms. The summed E-state index contributed by atoms with van der Waals surface area (Å²) in [6.45, 7) is 8.17. The third-order valence-electron chi connectivity index (χ3n) is 4.52. The molecule has 0 saturated heterocycles. The lowest BCUT2D eigenvalue weighted by atomic mass is 10.1. The van der Waals surface area contributed by atoms with Gasteiger partial charge in [-0.25, -0.2) is 0 Å². The van der Waals surface area contributed by atoms with E-state index in [4.69, 9.17) is 4.74 Å². The number of rotatable bonds is 20. The number of allylic oxidation sites excluding steroid dienone is 2. The predicted molar refractivity (Wildman–Crippen MR) is 114 cm³/mol. The fourth-order valence-electron chi connectivity index (χ4n) is 2.82. The van der Waals surface area contributed by atoms with Crippen molar-refractivity contribution in [3.63, 3.8) is 0 Å². The van der Waals surface area contributed by atoms with Crippen LogP contribution in [0.15, 0.2) is 17.3 Å². The molecule has 0 aliphatic rings. The summed E-state index contributed by atoms with van der Waals surface area (Å²) in [5.41, 5.74) is 0. The van der Waals surface area contributed by atoms with Crippen molar-refractivity contribution in [1.82, 2.24) is 5.32 Å². The van der Waals surface area contributed by atoms with Crippen molar-refractivity contribution in [2.24, 2.45) is 5.18 Å². The van der Waals surface area contributed by atoms with Gasteiger partial charge in [0, 0.05) is 19.2 Å². The highest BCUT2D eigenvalue weighted by Gasteiger charge is 2.08. The molecular weight excluding hydrogens is 324 g/mol. The molecule has 154 valence electrons. The largest absolute Gasteiger partial charge is 0.379 e. The summed E-state index contributed by atoms with van der Waals surface area (Å²) in [7, 11) is 0. The lowest BCUT2D eigenvalue weighted by molar-refractivity contribution is 0.116. The normalized spacial score (nSPS) is 12.9. The molecule has 0 amide bonds. The van der Waals surface area contributed by atoms with Gasteiger partial charge in [-0.3, -0.25) is 0 Å². The second-order valence-corrected chi connectivity index (χ2v) is 7.63. The van der Waals surface area contributed by atoms with Crippen molar-refractivity contribution < 1.29 is 4.74 Å². The highest BCUT2D eigenvalue weighted by molar-refractivity contribution is 4.81. The number of ether oxygens (including phenoxy) is 1. The highest BCUT2D eigenvalue weighted by atomic mass is 16.5. The highest BCUT2D eigenvalue weighted by Crippen LogP contribution is 2.08. The van der Waals surface area contributed by atoms with Crippen LogP contribution >= 0.6 is 0 Å². The Balaban J connectivity index is 3.27. The third kappa shape index (κ3) is 19.6. The Morgan fingerprint density at radius 1 is 0.885 bits per heavy atom. The van der Waals surface area contributed by atoms with E-state index in [0.29, 0.717) is 19.2 Å². The van der Waals surface area contributed by atoms with Gasteiger partial charge in [-0.15, -0.1) is 0 Å². The van der Waals surface area contributed by atoms with Crippen molar-refractivity contribution in [1.29, 1.82) is 0 Å². The van der Waals surface area contributed by atoms with Gasteiger partial charge in [0.2, 0.25) is 0 Å². The average Bonchev–Trinajstić information content (AvgIpc) is 2.63. The number of nitrogens with zero attached hydrogens (tertiary/aromatic N) is 1. The third-order valence-corrected chi connectivity index (χ3v) is 4.52.